The van der Waals surface area contributed by atoms with Crippen LogP contribution < -0.4 is 0 Å². The van der Waals surface area contributed by atoms with Crippen molar-refractivity contribution in [3.05, 3.63) is 29.3 Å². The van der Waals surface area contributed by atoms with Crippen LogP contribution in [0.3, 0.4) is 0 Å². The minimum absolute atomic E-state index is 0.362. The Kier molecular flexibility index (Phi) is 3.24. The van der Waals surface area contributed by atoms with E-state index in [2.05, 4.69) is 0 Å². The maximum Gasteiger partial charge on any atom is 0.314 e. The van der Waals surface area contributed by atoms with Crippen LogP contribution in [0.5, 0.6) is 5.75 Å². The fraction of sp³-hybridized carbons (Fsp3) is 0.462. The van der Waals surface area contributed by atoms with Gasteiger partial charge >= 0.3 is 5.97 Å². The number of phenols is 1. The Morgan fingerprint density at radius 2 is 1.89 bits per heavy atom. The molecule has 1 aliphatic carbocycles. The standard InChI is InChI=1S/C13H14F2O3/c14-11(15)9-7-8(3-4-10(9)16)13(12(17)18)5-1-2-6-13/h3-4,7,11,16H,1-2,5-6H2,(H,17,18). The van der Waals surface area contributed by atoms with Gasteiger partial charge < -0.3 is 10.2 Å². The molecule has 1 saturated carbocycles. The molecular formula is C13H14F2O3. The molecular weight excluding hydrogens is 242 g/mol. The lowest BCUT2D eigenvalue weighted by Crippen LogP contribution is -2.32. The largest absolute Gasteiger partial charge is 0.507 e. The van der Waals surface area contributed by atoms with Crippen LogP contribution in [0, 0.1) is 0 Å². The zero-order chi connectivity index (χ0) is 13.3. The van der Waals surface area contributed by atoms with Crippen LogP contribution in [0.25, 0.3) is 0 Å². The number of carboxylic acid groups (broad SMARTS) is 1. The first-order valence-electron chi connectivity index (χ1n) is 5.82. The first-order valence-corrected chi connectivity index (χ1v) is 5.82. The number of aliphatic carboxylic acids is 1. The maximum absolute atomic E-state index is 12.7. The highest BCUT2D eigenvalue weighted by molar-refractivity contribution is 5.82. The van der Waals surface area contributed by atoms with E-state index in [4.69, 9.17) is 0 Å². The SMILES string of the molecule is O=C(O)C1(c2ccc(O)c(C(F)F)c2)CCCC1. The normalized spacial score (nSPS) is 18.2. The molecule has 0 aliphatic heterocycles. The molecule has 5 heteroatoms. The molecule has 0 amide bonds. The van der Waals surface area contributed by atoms with Crippen molar-refractivity contribution in [2.24, 2.45) is 0 Å². The van der Waals surface area contributed by atoms with Gasteiger partial charge in [0.2, 0.25) is 0 Å². The summed E-state index contributed by atoms with van der Waals surface area (Å²) in [6, 6.07) is 3.71. The van der Waals surface area contributed by atoms with Crippen molar-refractivity contribution in [1.29, 1.82) is 0 Å². The fourth-order valence-electron chi connectivity index (χ4n) is 2.63. The van der Waals surface area contributed by atoms with E-state index in [1.165, 1.54) is 6.07 Å². The number of phenolic OH excluding ortho intramolecular Hbond substituents is 1. The summed E-state index contributed by atoms with van der Waals surface area (Å²) in [6.45, 7) is 0. The summed E-state index contributed by atoms with van der Waals surface area (Å²) >= 11 is 0. The molecule has 2 rings (SSSR count). The summed E-state index contributed by atoms with van der Waals surface area (Å²) in [7, 11) is 0. The van der Waals surface area contributed by atoms with E-state index in [0.717, 1.165) is 25.0 Å². The van der Waals surface area contributed by atoms with E-state index in [1.807, 2.05) is 0 Å². The Bertz CT molecular complexity index is 465. The van der Waals surface area contributed by atoms with Gasteiger partial charge in [0, 0.05) is 0 Å². The second-order valence-corrected chi connectivity index (χ2v) is 4.67. The molecule has 18 heavy (non-hydrogen) atoms. The minimum atomic E-state index is -2.81. The van der Waals surface area contributed by atoms with Crippen molar-refractivity contribution in [1.82, 2.24) is 0 Å². The van der Waals surface area contributed by atoms with E-state index < -0.39 is 29.1 Å². The van der Waals surface area contributed by atoms with Gasteiger partial charge in [-0.3, -0.25) is 4.79 Å². The van der Waals surface area contributed by atoms with E-state index in [-0.39, 0.29) is 0 Å². The molecule has 0 unspecified atom stereocenters. The van der Waals surface area contributed by atoms with Gasteiger partial charge in [0.25, 0.3) is 6.43 Å². The molecule has 3 nitrogen and oxygen atoms in total. The van der Waals surface area contributed by atoms with Gasteiger partial charge in [-0.2, -0.15) is 0 Å². The Labute approximate surface area is 103 Å². The zero-order valence-electron chi connectivity index (χ0n) is 9.70. The van der Waals surface area contributed by atoms with Crippen LogP contribution in [-0.2, 0) is 10.2 Å². The van der Waals surface area contributed by atoms with E-state index >= 15 is 0 Å². The lowest BCUT2D eigenvalue weighted by molar-refractivity contribution is -0.143. The van der Waals surface area contributed by atoms with Gasteiger partial charge in [-0.05, 0) is 30.5 Å². The number of halogens is 2. The predicted octanol–water partition coefficient (Wildman–Crippen LogP) is 3.23. The van der Waals surface area contributed by atoms with Crippen molar-refractivity contribution >= 4 is 5.97 Å². The highest BCUT2D eigenvalue weighted by atomic mass is 19.3. The molecule has 0 aromatic heterocycles. The fourth-order valence-corrected chi connectivity index (χ4v) is 2.63. The second-order valence-electron chi connectivity index (χ2n) is 4.67. The summed E-state index contributed by atoms with van der Waals surface area (Å²) in [5, 5.41) is 18.7. The van der Waals surface area contributed by atoms with Gasteiger partial charge in [0.05, 0.1) is 11.0 Å². The molecule has 1 aliphatic rings. The first kappa shape index (κ1) is 12.8. The third-order valence-corrected chi connectivity index (χ3v) is 3.68. The molecule has 0 saturated heterocycles. The number of aromatic hydroxyl groups is 1. The highest BCUT2D eigenvalue weighted by Crippen LogP contribution is 2.43. The monoisotopic (exact) mass is 256 g/mol. The average molecular weight is 256 g/mol. The molecule has 0 bridgehead atoms. The number of hydrogen-bond acceptors (Lipinski definition) is 2. The molecule has 0 spiro atoms. The quantitative estimate of drug-likeness (QED) is 0.872. The van der Waals surface area contributed by atoms with Crippen molar-refractivity contribution in [2.75, 3.05) is 0 Å². The highest BCUT2D eigenvalue weighted by Gasteiger charge is 2.43. The molecule has 1 aromatic carbocycles. The third-order valence-electron chi connectivity index (χ3n) is 3.68. The van der Waals surface area contributed by atoms with Crippen LogP contribution in [0.1, 0.15) is 43.2 Å². The van der Waals surface area contributed by atoms with E-state index in [9.17, 15) is 23.8 Å². The average Bonchev–Trinajstić information content (AvgIpc) is 2.79. The van der Waals surface area contributed by atoms with Crippen molar-refractivity contribution in [3.8, 4) is 5.75 Å². The number of rotatable bonds is 3. The second kappa shape index (κ2) is 4.55. The number of alkyl halides is 2. The first-order chi connectivity index (χ1) is 8.47. The summed E-state index contributed by atoms with van der Waals surface area (Å²) in [4.78, 5) is 11.4. The molecule has 1 fully saturated rings. The number of benzene rings is 1. The zero-order valence-corrected chi connectivity index (χ0v) is 9.70. The Morgan fingerprint density at radius 1 is 1.28 bits per heavy atom. The van der Waals surface area contributed by atoms with Gasteiger partial charge in [0.1, 0.15) is 5.75 Å². The topological polar surface area (TPSA) is 57.5 Å². The summed E-state index contributed by atoms with van der Waals surface area (Å²) in [5.41, 5.74) is -1.21. The van der Waals surface area contributed by atoms with Crippen molar-refractivity contribution < 1.29 is 23.8 Å². The number of carbonyl (C=O) groups is 1. The van der Waals surface area contributed by atoms with Gasteiger partial charge in [-0.25, -0.2) is 8.78 Å². The van der Waals surface area contributed by atoms with Gasteiger partial charge in [-0.1, -0.05) is 18.9 Å². The van der Waals surface area contributed by atoms with Crippen LogP contribution in [0.15, 0.2) is 18.2 Å². The lowest BCUT2D eigenvalue weighted by Gasteiger charge is -2.25. The Balaban J connectivity index is 2.49. The predicted molar refractivity (Wildman–Crippen MR) is 60.8 cm³/mol. The van der Waals surface area contributed by atoms with Crippen LogP contribution in [-0.4, -0.2) is 16.2 Å². The van der Waals surface area contributed by atoms with E-state index in [0.29, 0.717) is 18.4 Å². The third kappa shape index (κ3) is 1.94. The summed E-state index contributed by atoms with van der Waals surface area (Å²) in [5.74, 6) is -1.47. The van der Waals surface area contributed by atoms with Crippen LogP contribution in [0.4, 0.5) is 8.78 Å². The number of carboxylic acids is 1. The Hall–Kier alpha value is -1.65. The minimum Gasteiger partial charge on any atom is -0.507 e. The number of hydrogen-bond donors (Lipinski definition) is 2. The summed E-state index contributed by atoms with van der Waals surface area (Å²) < 4.78 is 25.4. The lowest BCUT2D eigenvalue weighted by atomic mass is 9.78. The Morgan fingerprint density at radius 3 is 2.39 bits per heavy atom. The smallest absolute Gasteiger partial charge is 0.314 e. The molecule has 1 aromatic rings. The summed E-state index contributed by atoms with van der Waals surface area (Å²) in [6.07, 6.45) is -0.350. The maximum atomic E-state index is 12.7. The van der Waals surface area contributed by atoms with Gasteiger partial charge in [0.15, 0.2) is 0 Å². The molecule has 0 radical (unpaired) electrons. The molecule has 98 valence electrons. The molecule has 0 heterocycles. The van der Waals surface area contributed by atoms with Crippen molar-refractivity contribution in [3.63, 3.8) is 0 Å². The van der Waals surface area contributed by atoms with Crippen molar-refractivity contribution in [2.45, 2.75) is 37.5 Å². The molecule has 2 N–H and O–H groups in total. The van der Waals surface area contributed by atoms with Gasteiger partial charge in [-0.15, -0.1) is 0 Å². The molecule has 0 atom stereocenters. The van der Waals surface area contributed by atoms with Crippen LogP contribution >= 0.6 is 0 Å². The van der Waals surface area contributed by atoms with Crippen LogP contribution in [0.2, 0.25) is 0 Å². The van der Waals surface area contributed by atoms with E-state index in [1.54, 1.807) is 0 Å².